The van der Waals surface area contributed by atoms with Gasteiger partial charge in [0.1, 0.15) is 23.9 Å². The van der Waals surface area contributed by atoms with E-state index < -0.39 is 17.8 Å². The maximum Gasteiger partial charge on any atom is 0.432 e. The fourth-order valence-corrected chi connectivity index (χ4v) is 3.26. The number of H-pyrrole nitrogens is 1. The Morgan fingerprint density at radius 3 is 2.57 bits per heavy atom. The number of halogens is 4. The van der Waals surface area contributed by atoms with E-state index in [0.29, 0.717) is 29.7 Å². The standard InChI is InChI=1S/C25H23BrF3N3O3/c1-24(2,3)35-12-11-34-20-9-8-17(23-30-15-21(32-23)25(27,28)29)14-19(20)31-22(33)10-7-16-5-4-6-18(26)13-16/h4-6,8-9,13-15H,11-12H2,1-3H3,(H,30,32)(H,31,33). The second-order valence-corrected chi connectivity index (χ2v) is 9.29. The summed E-state index contributed by atoms with van der Waals surface area (Å²) in [7, 11) is 0. The Morgan fingerprint density at radius 2 is 1.91 bits per heavy atom. The van der Waals surface area contributed by atoms with Crippen molar-refractivity contribution in [3.63, 3.8) is 0 Å². The molecule has 2 N–H and O–H groups in total. The Labute approximate surface area is 209 Å². The normalized spacial score (nSPS) is 11.5. The van der Waals surface area contributed by atoms with Gasteiger partial charge in [-0.15, -0.1) is 0 Å². The summed E-state index contributed by atoms with van der Waals surface area (Å²) >= 11 is 3.34. The van der Waals surface area contributed by atoms with E-state index in [1.165, 1.54) is 6.07 Å². The van der Waals surface area contributed by atoms with E-state index in [9.17, 15) is 18.0 Å². The van der Waals surface area contributed by atoms with Crippen LogP contribution in [0.15, 0.2) is 53.1 Å². The summed E-state index contributed by atoms with van der Waals surface area (Å²) in [6.07, 6.45) is -3.84. The second-order valence-electron chi connectivity index (χ2n) is 8.38. The number of carbonyl (C=O) groups is 1. The Bertz CT molecular complexity index is 1250. The van der Waals surface area contributed by atoms with E-state index in [4.69, 9.17) is 9.47 Å². The number of rotatable bonds is 6. The molecule has 2 aromatic carbocycles. The van der Waals surface area contributed by atoms with E-state index in [0.717, 1.165) is 4.47 Å². The van der Waals surface area contributed by atoms with Gasteiger partial charge in [0.05, 0.1) is 24.1 Å². The first-order chi connectivity index (χ1) is 16.4. The molecule has 0 aliphatic carbocycles. The first kappa shape index (κ1) is 26.3. The number of amides is 1. The Morgan fingerprint density at radius 1 is 1.14 bits per heavy atom. The fraction of sp³-hybridized carbons (Fsp3) is 0.280. The number of benzene rings is 2. The fourth-order valence-electron chi connectivity index (χ4n) is 2.86. The van der Waals surface area contributed by atoms with Gasteiger partial charge in [0, 0.05) is 21.5 Å². The molecule has 184 valence electrons. The number of anilines is 1. The van der Waals surface area contributed by atoms with E-state index in [2.05, 4.69) is 43.1 Å². The lowest BCUT2D eigenvalue weighted by atomic mass is 10.1. The van der Waals surface area contributed by atoms with Crippen LogP contribution in [-0.4, -0.2) is 34.7 Å². The van der Waals surface area contributed by atoms with Crippen LogP contribution in [-0.2, 0) is 15.7 Å². The lowest BCUT2D eigenvalue weighted by Crippen LogP contribution is -2.22. The first-order valence-corrected chi connectivity index (χ1v) is 11.3. The zero-order valence-electron chi connectivity index (χ0n) is 19.2. The molecule has 0 saturated heterocycles. The molecule has 1 amide bonds. The molecule has 0 bridgehead atoms. The molecule has 3 rings (SSSR count). The maximum atomic E-state index is 13.0. The lowest BCUT2D eigenvalue weighted by Gasteiger charge is -2.20. The average molecular weight is 550 g/mol. The minimum Gasteiger partial charge on any atom is -0.489 e. The van der Waals surface area contributed by atoms with Crippen LogP contribution in [0.25, 0.3) is 11.4 Å². The van der Waals surface area contributed by atoms with Crippen molar-refractivity contribution in [3.05, 3.63) is 64.4 Å². The number of aromatic nitrogens is 2. The van der Waals surface area contributed by atoms with Crippen LogP contribution < -0.4 is 10.1 Å². The summed E-state index contributed by atoms with van der Waals surface area (Å²) in [6.45, 7) is 6.23. The van der Waals surface area contributed by atoms with Gasteiger partial charge < -0.3 is 19.8 Å². The van der Waals surface area contributed by atoms with E-state index >= 15 is 0 Å². The van der Waals surface area contributed by atoms with Crippen LogP contribution >= 0.6 is 15.9 Å². The zero-order chi connectivity index (χ0) is 25.6. The van der Waals surface area contributed by atoms with Gasteiger partial charge in [-0.3, -0.25) is 4.79 Å². The van der Waals surface area contributed by atoms with Crippen molar-refractivity contribution in [1.82, 2.24) is 9.97 Å². The number of hydrogen-bond donors (Lipinski definition) is 2. The molecule has 10 heteroatoms. The number of ether oxygens (including phenoxy) is 2. The highest BCUT2D eigenvalue weighted by Crippen LogP contribution is 2.33. The summed E-state index contributed by atoms with van der Waals surface area (Å²) in [5, 5.41) is 2.65. The molecule has 0 aliphatic heterocycles. The minimum atomic E-state index is -4.56. The molecule has 3 aromatic rings. The van der Waals surface area contributed by atoms with Crippen LogP contribution in [0.1, 0.15) is 32.0 Å². The second kappa shape index (κ2) is 11.0. The number of alkyl halides is 3. The van der Waals surface area contributed by atoms with E-state index in [1.807, 2.05) is 26.8 Å². The van der Waals surface area contributed by atoms with Crippen molar-refractivity contribution in [2.75, 3.05) is 18.5 Å². The molecule has 0 aliphatic rings. The smallest absolute Gasteiger partial charge is 0.432 e. The Kier molecular flexibility index (Phi) is 8.25. The molecule has 0 fully saturated rings. The van der Waals surface area contributed by atoms with Crippen molar-refractivity contribution < 1.29 is 27.4 Å². The molecule has 1 heterocycles. The number of aromatic amines is 1. The van der Waals surface area contributed by atoms with E-state index in [1.54, 1.807) is 30.3 Å². The Hall–Kier alpha value is -3.29. The molecular formula is C25H23BrF3N3O3. The molecule has 0 unspecified atom stereocenters. The molecule has 35 heavy (non-hydrogen) atoms. The van der Waals surface area contributed by atoms with Crippen LogP contribution in [0.4, 0.5) is 18.9 Å². The highest BCUT2D eigenvalue weighted by atomic mass is 79.9. The molecule has 6 nitrogen and oxygen atoms in total. The lowest BCUT2D eigenvalue weighted by molar-refractivity contribution is -0.140. The first-order valence-electron chi connectivity index (χ1n) is 10.5. The summed E-state index contributed by atoms with van der Waals surface area (Å²) < 4.78 is 51.1. The van der Waals surface area contributed by atoms with Gasteiger partial charge in [-0.05, 0) is 57.2 Å². The van der Waals surface area contributed by atoms with Gasteiger partial charge in [0.25, 0.3) is 0 Å². The summed E-state index contributed by atoms with van der Waals surface area (Å²) in [5.74, 6) is 4.95. The quantitative estimate of drug-likeness (QED) is 0.290. The van der Waals surface area contributed by atoms with E-state index in [-0.39, 0.29) is 23.7 Å². The molecule has 0 spiro atoms. The topological polar surface area (TPSA) is 76.2 Å². The van der Waals surface area contributed by atoms with Gasteiger partial charge in [-0.25, -0.2) is 4.98 Å². The molecule has 0 saturated carbocycles. The summed E-state index contributed by atoms with van der Waals surface area (Å²) in [4.78, 5) is 18.6. The van der Waals surface area contributed by atoms with Gasteiger partial charge in [0.2, 0.25) is 0 Å². The van der Waals surface area contributed by atoms with Gasteiger partial charge in [-0.2, -0.15) is 13.2 Å². The number of hydrogen-bond acceptors (Lipinski definition) is 4. The predicted molar refractivity (Wildman–Crippen MR) is 130 cm³/mol. The molecular weight excluding hydrogens is 527 g/mol. The molecule has 1 aromatic heterocycles. The van der Waals surface area contributed by atoms with Crippen LogP contribution in [0.5, 0.6) is 5.75 Å². The third kappa shape index (κ3) is 8.16. The monoisotopic (exact) mass is 549 g/mol. The summed E-state index contributed by atoms with van der Waals surface area (Å²) in [6, 6.07) is 11.7. The van der Waals surface area contributed by atoms with Crippen molar-refractivity contribution in [3.8, 4) is 29.0 Å². The Balaban J connectivity index is 1.83. The third-order valence-corrected chi connectivity index (χ3v) is 4.90. The molecule has 0 radical (unpaired) electrons. The SMILES string of the molecule is CC(C)(C)OCCOc1ccc(-c2ncc(C(F)(F)F)[nH]2)cc1NC(=O)C#Cc1cccc(Br)c1. The number of imidazole rings is 1. The van der Waals surface area contributed by atoms with Crippen LogP contribution in [0.2, 0.25) is 0 Å². The largest absolute Gasteiger partial charge is 0.489 e. The average Bonchev–Trinajstić information content (AvgIpc) is 3.26. The van der Waals surface area contributed by atoms with Crippen molar-refractivity contribution in [2.24, 2.45) is 0 Å². The number of nitrogens with zero attached hydrogens (tertiary/aromatic N) is 1. The van der Waals surface area contributed by atoms with Crippen LogP contribution in [0, 0.1) is 11.8 Å². The van der Waals surface area contributed by atoms with Crippen molar-refractivity contribution >= 4 is 27.5 Å². The van der Waals surface area contributed by atoms with Crippen LogP contribution in [0.3, 0.4) is 0 Å². The molecule has 0 atom stereocenters. The third-order valence-electron chi connectivity index (χ3n) is 4.40. The van der Waals surface area contributed by atoms with Gasteiger partial charge in [-0.1, -0.05) is 27.9 Å². The minimum absolute atomic E-state index is 0.00402. The van der Waals surface area contributed by atoms with Crippen molar-refractivity contribution in [2.45, 2.75) is 32.5 Å². The van der Waals surface area contributed by atoms with Gasteiger partial charge in [0.15, 0.2) is 0 Å². The zero-order valence-corrected chi connectivity index (χ0v) is 20.8. The highest BCUT2D eigenvalue weighted by Gasteiger charge is 2.33. The van der Waals surface area contributed by atoms with Gasteiger partial charge >= 0.3 is 12.1 Å². The number of nitrogens with one attached hydrogen (secondary N) is 2. The highest BCUT2D eigenvalue weighted by molar-refractivity contribution is 9.10. The maximum absolute atomic E-state index is 13.0. The number of carbonyl (C=O) groups excluding carboxylic acids is 1. The summed E-state index contributed by atoms with van der Waals surface area (Å²) in [5.41, 5.74) is -0.125. The van der Waals surface area contributed by atoms with Crippen molar-refractivity contribution in [1.29, 1.82) is 0 Å². The predicted octanol–water partition coefficient (Wildman–Crippen LogP) is 6.04.